The Balaban J connectivity index is 2.51. The maximum atomic E-state index is 10.5. The average Bonchev–Trinajstić information content (AvgIpc) is 2.45. The fourth-order valence-electron chi connectivity index (χ4n) is 1.89. The molecule has 0 radical (unpaired) electrons. The van der Waals surface area contributed by atoms with Crippen molar-refractivity contribution in [1.29, 1.82) is 0 Å². The summed E-state index contributed by atoms with van der Waals surface area (Å²) in [4.78, 5) is 4.05. The van der Waals surface area contributed by atoms with Gasteiger partial charge in [-0.3, -0.25) is 4.98 Å². The second-order valence-corrected chi connectivity index (χ2v) is 4.83. The summed E-state index contributed by atoms with van der Waals surface area (Å²) in [6.45, 7) is 0. The highest BCUT2D eigenvalue weighted by molar-refractivity contribution is 9.10. The molecule has 4 nitrogen and oxygen atoms in total. The monoisotopic (exact) mass is 323 g/mol. The number of aliphatic hydroxyl groups is 1. The third kappa shape index (κ3) is 2.88. The molecule has 0 saturated heterocycles. The summed E-state index contributed by atoms with van der Waals surface area (Å²) in [5, 5.41) is 10.5. The Morgan fingerprint density at radius 3 is 2.32 bits per heavy atom. The fourth-order valence-corrected chi connectivity index (χ4v) is 2.28. The standard InChI is InChI=1S/C14H14BrNO3/c1-18-11-4-3-5-12(19-2)13(11)14(17)9-6-10(15)8-16-7-9/h3-8,14,17H,1-2H3. The molecule has 1 aromatic heterocycles. The first-order valence-corrected chi connectivity index (χ1v) is 6.46. The number of halogens is 1. The van der Waals surface area contributed by atoms with E-state index < -0.39 is 6.10 Å². The number of hydrogen-bond donors (Lipinski definition) is 1. The Kier molecular flexibility index (Phi) is 4.39. The van der Waals surface area contributed by atoms with Crippen LogP contribution >= 0.6 is 15.9 Å². The number of pyridine rings is 1. The van der Waals surface area contributed by atoms with Crippen LogP contribution in [0.4, 0.5) is 0 Å². The van der Waals surface area contributed by atoms with E-state index in [4.69, 9.17) is 9.47 Å². The molecule has 1 atom stereocenters. The van der Waals surface area contributed by atoms with E-state index in [1.165, 1.54) is 0 Å². The Bertz CT molecular complexity index is 552. The van der Waals surface area contributed by atoms with Gasteiger partial charge >= 0.3 is 0 Å². The lowest BCUT2D eigenvalue weighted by molar-refractivity contribution is 0.208. The van der Waals surface area contributed by atoms with Crippen LogP contribution in [0.3, 0.4) is 0 Å². The molecule has 1 heterocycles. The number of methoxy groups -OCH3 is 2. The van der Waals surface area contributed by atoms with Gasteiger partial charge in [0.05, 0.1) is 19.8 Å². The molecule has 1 aromatic carbocycles. The Hall–Kier alpha value is -1.59. The van der Waals surface area contributed by atoms with E-state index in [0.717, 1.165) is 4.47 Å². The Morgan fingerprint density at radius 2 is 1.79 bits per heavy atom. The van der Waals surface area contributed by atoms with Crippen molar-refractivity contribution in [2.45, 2.75) is 6.10 Å². The minimum Gasteiger partial charge on any atom is -0.496 e. The molecule has 0 aliphatic rings. The zero-order valence-corrected chi connectivity index (χ0v) is 12.2. The molecule has 0 bridgehead atoms. The lowest BCUT2D eigenvalue weighted by Gasteiger charge is -2.18. The van der Waals surface area contributed by atoms with E-state index in [1.54, 1.807) is 38.7 Å². The molecule has 2 rings (SSSR count). The molecule has 100 valence electrons. The van der Waals surface area contributed by atoms with Gasteiger partial charge in [-0.2, -0.15) is 0 Å². The van der Waals surface area contributed by atoms with Gasteiger partial charge in [-0.15, -0.1) is 0 Å². The lowest BCUT2D eigenvalue weighted by Crippen LogP contribution is -2.05. The SMILES string of the molecule is COc1cccc(OC)c1C(O)c1cncc(Br)c1. The molecule has 0 spiro atoms. The summed E-state index contributed by atoms with van der Waals surface area (Å²) in [6.07, 6.45) is 2.41. The summed E-state index contributed by atoms with van der Waals surface area (Å²) in [7, 11) is 3.12. The molecular weight excluding hydrogens is 310 g/mol. The Morgan fingerprint density at radius 1 is 1.16 bits per heavy atom. The van der Waals surface area contributed by atoms with Crippen molar-refractivity contribution in [3.63, 3.8) is 0 Å². The highest BCUT2D eigenvalue weighted by Crippen LogP contribution is 2.37. The van der Waals surface area contributed by atoms with Crippen LogP contribution in [0.5, 0.6) is 11.5 Å². The molecular formula is C14H14BrNO3. The number of aromatic nitrogens is 1. The van der Waals surface area contributed by atoms with Crippen molar-refractivity contribution in [3.8, 4) is 11.5 Å². The quantitative estimate of drug-likeness (QED) is 0.939. The van der Waals surface area contributed by atoms with E-state index in [9.17, 15) is 5.11 Å². The smallest absolute Gasteiger partial charge is 0.128 e. The zero-order valence-electron chi connectivity index (χ0n) is 10.6. The lowest BCUT2D eigenvalue weighted by atomic mass is 10.0. The van der Waals surface area contributed by atoms with Crippen LogP contribution in [-0.4, -0.2) is 24.3 Å². The highest BCUT2D eigenvalue weighted by Gasteiger charge is 2.20. The van der Waals surface area contributed by atoms with Crippen molar-refractivity contribution >= 4 is 15.9 Å². The van der Waals surface area contributed by atoms with Crippen LogP contribution in [0.15, 0.2) is 41.1 Å². The predicted molar refractivity (Wildman–Crippen MR) is 75.5 cm³/mol. The summed E-state index contributed by atoms with van der Waals surface area (Å²) < 4.78 is 11.4. The predicted octanol–water partition coefficient (Wildman–Crippen LogP) is 2.94. The first kappa shape index (κ1) is 13.8. The molecule has 0 aliphatic carbocycles. The van der Waals surface area contributed by atoms with Gasteiger partial charge in [-0.25, -0.2) is 0 Å². The number of hydrogen-bond acceptors (Lipinski definition) is 4. The van der Waals surface area contributed by atoms with E-state index in [0.29, 0.717) is 22.6 Å². The maximum Gasteiger partial charge on any atom is 0.128 e. The van der Waals surface area contributed by atoms with Gasteiger partial charge in [0, 0.05) is 22.4 Å². The highest BCUT2D eigenvalue weighted by atomic mass is 79.9. The van der Waals surface area contributed by atoms with Crippen LogP contribution < -0.4 is 9.47 Å². The van der Waals surface area contributed by atoms with E-state index in [2.05, 4.69) is 20.9 Å². The normalized spacial score (nSPS) is 12.0. The van der Waals surface area contributed by atoms with Crippen molar-refractivity contribution in [1.82, 2.24) is 4.98 Å². The number of aliphatic hydroxyl groups excluding tert-OH is 1. The fraction of sp³-hybridized carbons (Fsp3) is 0.214. The van der Waals surface area contributed by atoms with Gasteiger partial charge in [0.2, 0.25) is 0 Å². The van der Waals surface area contributed by atoms with Crippen molar-refractivity contribution in [2.24, 2.45) is 0 Å². The summed E-state index contributed by atoms with van der Waals surface area (Å²) in [5.74, 6) is 1.15. The second kappa shape index (κ2) is 6.04. The first-order chi connectivity index (χ1) is 9.17. The number of nitrogens with zero attached hydrogens (tertiary/aromatic N) is 1. The van der Waals surface area contributed by atoms with Gasteiger partial charge in [-0.05, 0) is 34.1 Å². The Labute approximate surface area is 120 Å². The van der Waals surface area contributed by atoms with Gasteiger partial charge < -0.3 is 14.6 Å². The summed E-state index contributed by atoms with van der Waals surface area (Å²) in [5.41, 5.74) is 1.25. The third-order valence-electron chi connectivity index (χ3n) is 2.78. The summed E-state index contributed by atoms with van der Waals surface area (Å²) in [6, 6.07) is 7.19. The minimum absolute atomic E-state index is 0.576. The van der Waals surface area contributed by atoms with E-state index in [-0.39, 0.29) is 0 Å². The van der Waals surface area contributed by atoms with E-state index >= 15 is 0 Å². The number of rotatable bonds is 4. The topological polar surface area (TPSA) is 51.6 Å². The van der Waals surface area contributed by atoms with Crippen LogP contribution in [0.2, 0.25) is 0 Å². The average molecular weight is 324 g/mol. The van der Waals surface area contributed by atoms with Crippen molar-refractivity contribution in [3.05, 3.63) is 52.3 Å². The van der Waals surface area contributed by atoms with Gasteiger partial charge in [0.15, 0.2) is 0 Å². The molecule has 0 fully saturated rings. The summed E-state index contributed by atoms with van der Waals surface area (Å²) >= 11 is 3.34. The maximum absolute atomic E-state index is 10.5. The molecule has 19 heavy (non-hydrogen) atoms. The van der Waals surface area contributed by atoms with E-state index in [1.807, 2.05) is 12.1 Å². The van der Waals surface area contributed by atoms with Crippen LogP contribution in [0, 0.1) is 0 Å². The van der Waals surface area contributed by atoms with Gasteiger partial charge in [0.1, 0.15) is 17.6 Å². The molecule has 2 aromatic rings. The third-order valence-corrected chi connectivity index (χ3v) is 3.21. The minimum atomic E-state index is -0.865. The van der Waals surface area contributed by atoms with Crippen molar-refractivity contribution in [2.75, 3.05) is 14.2 Å². The number of benzene rings is 1. The molecule has 5 heteroatoms. The first-order valence-electron chi connectivity index (χ1n) is 5.66. The molecule has 1 unspecified atom stereocenters. The molecule has 0 aliphatic heterocycles. The van der Waals surface area contributed by atoms with Crippen LogP contribution in [0.1, 0.15) is 17.2 Å². The second-order valence-electron chi connectivity index (χ2n) is 3.92. The van der Waals surface area contributed by atoms with Crippen LogP contribution in [-0.2, 0) is 0 Å². The largest absolute Gasteiger partial charge is 0.496 e. The molecule has 0 saturated carbocycles. The van der Waals surface area contributed by atoms with Gasteiger partial charge in [-0.1, -0.05) is 6.07 Å². The number of ether oxygens (including phenoxy) is 2. The van der Waals surface area contributed by atoms with Crippen LogP contribution in [0.25, 0.3) is 0 Å². The van der Waals surface area contributed by atoms with Crippen molar-refractivity contribution < 1.29 is 14.6 Å². The zero-order chi connectivity index (χ0) is 13.8. The molecule has 0 amide bonds. The molecule has 1 N–H and O–H groups in total. The van der Waals surface area contributed by atoms with Gasteiger partial charge in [0.25, 0.3) is 0 Å².